The van der Waals surface area contributed by atoms with Crippen LogP contribution in [0.1, 0.15) is 60.8 Å². The highest BCUT2D eigenvalue weighted by Gasteiger charge is 2.44. The van der Waals surface area contributed by atoms with Crippen LogP contribution in [0.2, 0.25) is 0 Å². The van der Waals surface area contributed by atoms with Crippen LogP contribution < -0.4 is 5.32 Å². The number of nitrogens with one attached hydrogen (secondary N) is 1. The highest BCUT2D eigenvalue weighted by Crippen LogP contribution is 2.37. The summed E-state index contributed by atoms with van der Waals surface area (Å²) in [5.74, 6) is -0.280. The Morgan fingerprint density at radius 1 is 1.27 bits per heavy atom. The molecular formula is C17H32N2O3. The number of hydrogen-bond donors (Lipinski definition) is 2. The molecule has 1 heterocycles. The molecule has 22 heavy (non-hydrogen) atoms. The van der Waals surface area contributed by atoms with Gasteiger partial charge in [0.25, 0.3) is 0 Å². The van der Waals surface area contributed by atoms with E-state index in [1.54, 1.807) is 0 Å². The summed E-state index contributed by atoms with van der Waals surface area (Å²) in [7, 11) is 0. The molecule has 0 aromatic carbocycles. The molecule has 0 spiro atoms. The lowest BCUT2D eigenvalue weighted by Crippen LogP contribution is -2.38. The van der Waals surface area contributed by atoms with E-state index in [9.17, 15) is 14.7 Å². The van der Waals surface area contributed by atoms with Crippen LogP contribution in [-0.2, 0) is 9.59 Å². The maximum Gasteiger partial charge on any atom is 0.228 e. The van der Waals surface area contributed by atoms with Crippen molar-refractivity contribution in [1.82, 2.24) is 10.2 Å². The van der Waals surface area contributed by atoms with Crippen molar-refractivity contribution in [3.05, 3.63) is 0 Å². The molecule has 0 saturated carbocycles. The zero-order valence-corrected chi connectivity index (χ0v) is 14.9. The molecule has 0 aromatic heterocycles. The molecule has 0 radical (unpaired) electrons. The van der Waals surface area contributed by atoms with E-state index in [-0.39, 0.29) is 41.5 Å². The monoisotopic (exact) mass is 312 g/mol. The first-order valence-corrected chi connectivity index (χ1v) is 8.17. The standard InChI is InChI=1S/C17H32N2O3/c1-16(2,3)8-9-18-13(20)7-10-19-14(21)11-12(15(19)22)17(4,5)6/h12,14,21H,7-11H2,1-6H3,(H,18,20). The lowest BCUT2D eigenvalue weighted by Gasteiger charge is -2.25. The van der Waals surface area contributed by atoms with E-state index < -0.39 is 6.23 Å². The van der Waals surface area contributed by atoms with Gasteiger partial charge in [-0.25, -0.2) is 0 Å². The second-order valence-electron chi connectivity index (χ2n) is 8.58. The van der Waals surface area contributed by atoms with Gasteiger partial charge in [-0.2, -0.15) is 0 Å². The van der Waals surface area contributed by atoms with E-state index >= 15 is 0 Å². The quantitative estimate of drug-likeness (QED) is 0.817. The Morgan fingerprint density at radius 3 is 2.32 bits per heavy atom. The number of carbonyl (C=O) groups excluding carboxylic acids is 2. The van der Waals surface area contributed by atoms with Gasteiger partial charge in [0.05, 0.1) is 0 Å². The average molecular weight is 312 g/mol. The first kappa shape index (κ1) is 18.9. The van der Waals surface area contributed by atoms with Crippen molar-refractivity contribution in [1.29, 1.82) is 0 Å². The summed E-state index contributed by atoms with van der Waals surface area (Å²) in [5.41, 5.74) is 0.0239. The minimum Gasteiger partial charge on any atom is -0.373 e. The Balaban J connectivity index is 2.41. The van der Waals surface area contributed by atoms with Crippen molar-refractivity contribution in [2.24, 2.45) is 16.7 Å². The van der Waals surface area contributed by atoms with Crippen molar-refractivity contribution in [2.75, 3.05) is 13.1 Å². The fraction of sp³-hybridized carbons (Fsp3) is 0.882. The summed E-state index contributed by atoms with van der Waals surface area (Å²) in [4.78, 5) is 25.6. The third-order valence-electron chi connectivity index (χ3n) is 4.21. The number of rotatable bonds is 5. The Hall–Kier alpha value is -1.10. The van der Waals surface area contributed by atoms with Gasteiger partial charge in [-0.3, -0.25) is 9.59 Å². The molecule has 5 nitrogen and oxygen atoms in total. The van der Waals surface area contributed by atoms with Crippen molar-refractivity contribution in [3.63, 3.8) is 0 Å². The van der Waals surface area contributed by atoms with Crippen molar-refractivity contribution in [3.8, 4) is 0 Å². The Kier molecular flexibility index (Phi) is 6.02. The molecule has 0 aromatic rings. The lowest BCUT2D eigenvalue weighted by molar-refractivity contribution is -0.138. The number of hydrogen-bond acceptors (Lipinski definition) is 3. The number of carbonyl (C=O) groups is 2. The van der Waals surface area contributed by atoms with E-state index in [4.69, 9.17) is 0 Å². The average Bonchev–Trinajstić information content (AvgIpc) is 2.60. The van der Waals surface area contributed by atoms with Crippen LogP contribution in [0.15, 0.2) is 0 Å². The first-order valence-electron chi connectivity index (χ1n) is 8.17. The van der Waals surface area contributed by atoms with Crippen LogP contribution in [0, 0.1) is 16.7 Å². The van der Waals surface area contributed by atoms with Crippen LogP contribution >= 0.6 is 0 Å². The van der Waals surface area contributed by atoms with Crippen LogP contribution in [-0.4, -0.2) is 41.1 Å². The van der Waals surface area contributed by atoms with E-state index in [2.05, 4.69) is 26.1 Å². The molecule has 5 heteroatoms. The van der Waals surface area contributed by atoms with E-state index in [1.807, 2.05) is 20.8 Å². The molecule has 128 valence electrons. The zero-order chi connectivity index (χ0) is 17.1. The van der Waals surface area contributed by atoms with Crippen LogP contribution in [0.4, 0.5) is 0 Å². The van der Waals surface area contributed by atoms with E-state index in [0.29, 0.717) is 13.0 Å². The number of nitrogens with zero attached hydrogens (tertiary/aromatic N) is 1. The van der Waals surface area contributed by atoms with Gasteiger partial charge >= 0.3 is 0 Å². The molecule has 2 N–H and O–H groups in total. The van der Waals surface area contributed by atoms with Crippen LogP contribution in [0.25, 0.3) is 0 Å². The van der Waals surface area contributed by atoms with Gasteiger partial charge in [0.15, 0.2) is 0 Å². The fourth-order valence-corrected chi connectivity index (χ4v) is 2.66. The third kappa shape index (κ3) is 5.59. The topological polar surface area (TPSA) is 69.6 Å². The lowest BCUT2D eigenvalue weighted by atomic mass is 9.80. The molecule has 2 atom stereocenters. The summed E-state index contributed by atoms with van der Waals surface area (Å²) in [6.07, 6.45) is 0.840. The van der Waals surface area contributed by atoms with Gasteiger partial charge in [0, 0.05) is 31.8 Å². The first-order chi connectivity index (χ1) is 9.92. The molecule has 1 saturated heterocycles. The molecule has 0 bridgehead atoms. The Bertz CT molecular complexity index is 407. The second kappa shape index (κ2) is 6.99. The number of amides is 2. The molecule has 1 aliphatic heterocycles. The summed E-state index contributed by atoms with van der Waals surface area (Å²) in [6.45, 7) is 13.3. The number of aliphatic hydroxyl groups is 1. The van der Waals surface area contributed by atoms with Crippen molar-refractivity contribution >= 4 is 11.8 Å². The SMILES string of the molecule is CC(C)(C)CCNC(=O)CCN1C(=O)C(C(C)(C)C)CC1O. The fourth-order valence-electron chi connectivity index (χ4n) is 2.66. The molecule has 1 fully saturated rings. The smallest absolute Gasteiger partial charge is 0.228 e. The van der Waals surface area contributed by atoms with Gasteiger partial charge < -0.3 is 15.3 Å². The minimum atomic E-state index is -0.765. The number of likely N-dealkylation sites (tertiary alicyclic amines) is 1. The molecule has 1 rings (SSSR count). The Morgan fingerprint density at radius 2 is 1.86 bits per heavy atom. The van der Waals surface area contributed by atoms with Gasteiger partial charge in [-0.05, 0) is 17.3 Å². The summed E-state index contributed by atoms with van der Waals surface area (Å²) >= 11 is 0. The second-order valence-corrected chi connectivity index (χ2v) is 8.58. The van der Waals surface area contributed by atoms with E-state index in [0.717, 1.165) is 6.42 Å². The maximum absolute atomic E-state index is 12.4. The van der Waals surface area contributed by atoms with Gasteiger partial charge in [0.1, 0.15) is 6.23 Å². The summed E-state index contributed by atoms with van der Waals surface area (Å²) < 4.78 is 0. The highest BCUT2D eigenvalue weighted by atomic mass is 16.3. The van der Waals surface area contributed by atoms with Crippen molar-refractivity contribution in [2.45, 2.75) is 67.0 Å². The Labute approximate surface area is 134 Å². The van der Waals surface area contributed by atoms with Gasteiger partial charge in [-0.1, -0.05) is 41.5 Å². The largest absolute Gasteiger partial charge is 0.373 e. The molecular weight excluding hydrogens is 280 g/mol. The molecule has 1 aliphatic rings. The van der Waals surface area contributed by atoms with Gasteiger partial charge in [0.2, 0.25) is 11.8 Å². The predicted molar refractivity (Wildman–Crippen MR) is 87.0 cm³/mol. The van der Waals surface area contributed by atoms with Crippen molar-refractivity contribution < 1.29 is 14.7 Å². The number of aliphatic hydroxyl groups excluding tert-OH is 1. The molecule has 2 amide bonds. The summed E-state index contributed by atoms with van der Waals surface area (Å²) in [5, 5.41) is 12.9. The zero-order valence-electron chi connectivity index (χ0n) is 14.9. The highest BCUT2D eigenvalue weighted by molar-refractivity contribution is 5.83. The van der Waals surface area contributed by atoms with Crippen LogP contribution in [0.3, 0.4) is 0 Å². The minimum absolute atomic E-state index is 0.0394. The maximum atomic E-state index is 12.4. The molecule has 0 aliphatic carbocycles. The predicted octanol–water partition coefficient (Wildman–Crippen LogP) is 2.14. The van der Waals surface area contributed by atoms with E-state index in [1.165, 1.54) is 4.90 Å². The normalized spacial score (nSPS) is 23.0. The summed E-state index contributed by atoms with van der Waals surface area (Å²) in [6, 6.07) is 0. The molecule has 2 unspecified atom stereocenters. The third-order valence-corrected chi connectivity index (χ3v) is 4.21. The van der Waals surface area contributed by atoms with Gasteiger partial charge in [-0.15, -0.1) is 0 Å². The van der Waals surface area contributed by atoms with Crippen LogP contribution in [0.5, 0.6) is 0 Å².